The fraction of sp³-hybridized carbons (Fsp3) is 0.238. The van der Waals surface area contributed by atoms with Crippen LogP contribution in [0.4, 0.5) is 8.78 Å². The van der Waals surface area contributed by atoms with Crippen LogP contribution in [0.15, 0.2) is 37.2 Å². The van der Waals surface area contributed by atoms with Gasteiger partial charge in [0.15, 0.2) is 11.6 Å². The lowest BCUT2D eigenvalue weighted by Gasteiger charge is -2.24. The van der Waals surface area contributed by atoms with Gasteiger partial charge in [0.25, 0.3) is 0 Å². The summed E-state index contributed by atoms with van der Waals surface area (Å²) in [4.78, 5) is 4.41. The zero-order valence-corrected chi connectivity index (χ0v) is 15.0. The smallest absolute Gasteiger partial charge is 0.172 e. The minimum absolute atomic E-state index is 0.0761. The van der Waals surface area contributed by atoms with E-state index in [1.165, 1.54) is 24.3 Å². The summed E-state index contributed by atoms with van der Waals surface area (Å²) in [5.74, 6) is -1.20. The summed E-state index contributed by atoms with van der Waals surface area (Å²) in [6, 6.07) is 6.74. The van der Waals surface area contributed by atoms with Gasteiger partial charge >= 0.3 is 0 Å². The molecule has 0 amide bonds. The molecule has 0 bridgehead atoms. The summed E-state index contributed by atoms with van der Waals surface area (Å²) in [7, 11) is 0. The van der Waals surface area contributed by atoms with Gasteiger partial charge in [0, 0.05) is 24.3 Å². The summed E-state index contributed by atoms with van der Waals surface area (Å²) < 4.78 is 41.7. The quantitative estimate of drug-likeness (QED) is 0.614. The average Bonchev–Trinajstić information content (AvgIpc) is 3.13. The van der Waals surface area contributed by atoms with E-state index in [2.05, 4.69) is 11.6 Å². The molecule has 28 heavy (non-hydrogen) atoms. The lowest BCUT2D eigenvalue weighted by molar-refractivity contribution is -0.0295. The molecule has 1 aliphatic heterocycles. The highest BCUT2D eigenvalue weighted by Crippen LogP contribution is 2.37. The first-order chi connectivity index (χ1) is 13.6. The Morgan fingerprint density at radius 3 is 2.86 bits per heavy atom. The van der Waals surface area contributed by atoms with Crippen LogP contribution in [0.5, 0.6) is 11.5 Å². The van der Waals surface area contributed by atoms with Crippen LogP contribution in [0.2, 0.25) is 0 Å². The Labute approximate surface area is 160 Å². The number of benzene rings is 2. The molecule has 1 aromatic heterocycles. The van der Waals surface area contributed by atoms with Gasteiger partial charge < -0.3 is 14.0 Å². The minimum atomic E-state index is -0.666. The predicted octanol–water partition coefficient (Wildman–Crippen LogP) is 5.32. The zero-order valence-electron chi connectivity index (χ0n) is 15.0. The van der Waals surface area contributed by atoms with E-state index in [1.807, 2.05) is 4.57 Å². The second kappa shape index (κ2) is 7.41. The van der Waals surface area contributed by atoms with Gasteiger partial charge in [-0.05, 0) is 31.4 Å². The highest BCUT2D eigenvalue weighted by molar-refractivity contribution is 5.88. The molecule has 1 fully saturated rings. The number of fused-ring (bicyclic) bond motifs is 1. The maximum absolute atomic E-state index is 14.9. The van der Waals surface area contributed by atoms with Gasteiger partial charge in [0.2, 0.25) is 0 Å². The molecule has 1 saturated heterocycles. The molecule has 3 aromatic rings. The molecular weight excluding hydrogens is 364 g/mol. The zero-order chi connectivity index (χ0) is 19.7. The standard InChI is InChI=1S/C21H17F2N3O2/c1-2-15-20-18(26(12-25-20)19-5-3-4-8-27-19)10-17(23)21(15)28-14-6-7-16(22)13(9-14)11-24/h2,6-7,9-10,12,19H,1,3-5,8H2. The Morgan fingerprint density at radius 1 is 1.29 bits per heavy atom. The third kappa shape index (κ3) is 3.12. The second-order valence-electron chi connectivity index (χ2n) is 6.50. The number of nitrogens with zero attached hydrogens (tertiary/aromatic N) is 3. The summed E-state index contributed by atoms with van der Waals surface area (Å²) in [5, 5.41) is 8.97. The largest absolute Gasteiger partial charge is 0.454 e. The number of ether oxygens (including phenoxy) is 2. The number of rotatable bonds is 4. The van der Waals surface area contributed by atoms with Crippen molar-refractivity contribution in [2.45, 2.75) is 25.5 Å². The molecule has 0 saturated carbocycles. The number of imidazole rings is 1. The van der Waals surface area contributed by atoms with Crippen LogP contribution in [0.3, 0.4) is 0 Å². The van der Waals surface area contributed by atoms with Crippen molar-refractivity contribution in [2.75, 3.05) is 6.61 Å². The Balaban J connectivity index is 1.78. The third-order valence-corrected chi connectivity index (χ3v) is 4.76. The highest BCUT2D eigenvalue weighted by Gasteiger charge is 2.22. The van der Waals surface area contributed by atoms with Crippen LogP contribution in [0, 0.1) is 23.0 Å². The molecule has 7 heteroatoms. The molecule has 142 valence electrons. The van der Waals surface area contributed by atoms with Gasteiger partial charge in [-0.2, -0.15) is 5.26 Å². The van der Waals surface area contributed by atoms with Crippen molar-refractivity contribution >= 4 is 17.1 Å². The van der Waals surface area contributed by atoms with E-state index in [9.17, 15) is 8.78 Å². The summed E-state index contributed by atoms with van der Waals surface area (Å²) in [6.07, 6.45) is 5.79. The first kappa shape index (κ1) is 18.1. The van der Waals surface area contributed by atoms with Crippen LogP contribution in [-0.4, -0.2) is 16.2 Å². The first-order valence-corrected chi connectivity index (χ1v) is 8.93. The van der Waals surface area contributed by atoms with Crippen LogP contribution in [0.1, 0.15) is 36.6 Å². The Bertz CT molecular complexity index is 1100. The van der Waals surface area contributed by atoms with E-state index >= 15 is 0 Å². The van der Waals surface area contributed by atoms with Crippen molar-refractivity contribution in [3.63, 3.8) is 0 Å². The topological polar surface area (TPSA) is 60.1 Å². The van der Waals surface area contributed by atoms with Crippen molar-refractivity contribution in [3.8, 4) is 17.6 Å². The minimum Gasteiger partial charge on any atom is -0.454 e. The normalized spacial score (nSPS) is 16.7. The van der Waals surface area contributed by atoms with Crippen LogP contribution >= 0.6 is 0 Å². The Morgan fingerprint density at radius 2 is 2.14 bits per heavy atom. The molecular formula is C21H17F2N3O2. The number of aromatic nitrogens is 2. The molecule has 0 radical (unpaired) electrons. The monoisotopic (exact) mass is 381 g/mol. The van der Waals surface area contributed by atoms with Crippen molar-refractivity contribution in [3.05, 3.63) is 59.9 Å². The molecule has 2 heterocycles. The molecule has 5 nitrogen and oxygen atoms in total. The van der Waals surface area contributed by atoms with Crippen molar-refractivity contribution in [1.82, 2.24) is 9.55 Å². The third-order valence-electron chi connectivity index (χ3n) is 4.76. The number of halogens is 2. The molecule has 4 rings (SSSR count). The van der Waals surface area contributed by atoms with Crippen molar-refractivity contribution in [2.24, 2.45) is 0 Å². The Hall–Kier alpha value is -3.24. The fourth-order valence-corrected chi connectivity index (χ4v) is 3.38. The van der Waals surface area contributed by atoms with Gasteiger partial charge in [-0.15, -0.1) is 0 Å². The van der Waals surface area contributed by atoms with E-state index in [-0.39, 0.29) is 23.3 Å². The van der Waals surface area contributed by atoms with E-state index in [1.54, 1.807) is 12.4 Å². The molecule has 1 atom stereocenters. The molecule has 0 aliphatic carbocycles. The number of nitriles is 1. The Kier molecular flexibility index (Phi) is 4.80. The van der Waals surface area contributed by atoms with E-state index in [0.29, 0.717) is 23.2 Å². The van der Waals surface area contributed by atoms with E-state index in [4.69, 9.17) is 14.7 Å². The first-order valence-electron chi connectivity index (χ1n) is 8.93. The lowest BCUT2D eigenvalue weighted by Crippen LogP contribution is -2.17. The number of hydrogen-bond acceptors (Lipinski definition) is 4. The molecule has 1 aliphatic rings. The molecule has 0 spiro atoms. The summed E-state index contributed by atoms with van der Waals surface area (Å²) >= 11 is 0. The van der Waals surface area contributed by atoms with E-state index < -0.39 is 11.6 Å². The maximum Gasteiger partial charge on any atom is 0.172 e. The SMILES string of the molecule is C=Cc1c(Oc2ccc(F)c(C#N)c2)c(F)cc2c1ncn2C1CCCCO1. The summed E-state index contributed by atoms with van der Waals surface area (Å²) in [5.41, 5.74) is 1.32. The lowest BCUT2D eigenvalue weighted by atomic mass is 10.1. The number of hydrogen-bond donors (Lipinski definition) is 0. The van der Waals surface area contributed by atoms with Gasteiger partial charge in [0.05, 0.1) is 22.9 Å². The van der Waals surface area contributed by atoms with E-state index in [0.717, 1.165) is 25.3 Å². The second-order valence-corrected chi connectivity index (χ2v) is 6.50. The van der Waals surface area contributed by atoms with Gasteiger partial charge in [-0.3, -0.25) is 0 Å². The van der Waals surface area contributed by atoms with Gasteiger partial charge in [-0.1, -0.05) is 12.7 Å². The maximum atomic E-state index is 14.9. The van der Waals surface area contributed by atoms with Gasteiger partial charge in [-0.25, -0.2) is 13.8 Å². The molecule has 1 unspecified atom stereocenters. The average molecular weight is 381 g/mol. The molecule has 2 aromatic carbocycles. The van der Waals surface area contributed by atoms with Crippen molar-refractivity contribution < 1.29 is 18.3 Å². The molecule has 0 N–H and O–H groups in total. The predicted molar refractivity (Wildman–Crippen MR) is 99.8 cm³/mol. The van der Waals surface area contributed by atoms with Crippen LogP contribution < -0.4 is 4.74 Å². The van der Waals surface area contributed by atoms with Crippen LogP contribution in [0.25, 0.3) is 17.1 Å². The summed E-state index contributed by atoms with van der Waals surface area (Å²) in [6.45, 7) is 4.42. The van der Waals surface area contributed by atoms with Crippen molar-refractivity contribution in [1.29, 1.82) is 5.26 Å². The van der Waals surface area contributed by atoms with Gasteiger partial charge in [0.1, 0.15) is 23.9 Å². The fourth-order valence-electron chi connectivity index (χ4n) is 3.38. The highest BCUT2D eigenvalue weighted by atomic mass is 19.1. The van der Waals surface area contributed by atoms with Crippen LogP contribution in [-0.2, 0) is 4.74 Å².